The van der Waals surface area contributed by atoms with E-state index in [0.29, 0.717) is 41.3 Å². The smallest absolute Gasteiger partial charge is 0.255 e. The molecule has 0 aliphatic carbocycles. The number of carbonyl (C=O) groups is 1. The molecule has 0 fully saturated rings. The number of amides is 1. The Kier molecular flexibility index (Phi) is 5.99. The number of methoxy groups -OCH3 is 1. The predicted molar refractivity (Wildman–Crippen MR) is 104 cm³/mol. The van der Waals surface area contributed by atoms with E-state index in [1.165, 1.54) is 6.07 Å². The molecule has 5 nitrogen and oxygen atoms in total. The first-order valence-electron chi connectivity index (χ1n) is 8.54. The molecule has 1 aromatic heterocycles. The lowest BCUT2D eigenvalue weighted by Gasteiger charge is -2.09. The number of nitrogens with zero attached hydrogens (tertiary/aromatic N) is 1. The van der Waals surface area contributed by atoms with E-state index in [2.05, 4.69) is 15.6 Å². The lowest BCUT2D eigenvalue weighted by molar-refractivity contribution is 0.102. The summed E-state index contributed by atoms with van der Waals surface area (Å²) in [5.41, 5.74) is 1.75. The molecule has 1 heterocycles. The molecular formula is C21H20FN3O2. The minimum atomic E-state index is -0.240. The van der Waals surface area contributed by atoms with Gasteiger partial charge in [-0.3, -0.25) is 4.79 Å². The van der Waals surface area contributed by atoms with Gasteiger partial charge in [0.15, 0.2) is 0 Å². The monoisotopic (exact) mass is 365 g/mol. The molecule has 3 rings (SSSR count). The second-order valence-corrected chi connectivity index (χ2v) is 5.89. The fourth-order valence-corrected chi connectivity index (χ4v) is 2.57. The average molecular weight is 365 g/mol. The van der Waals surface area contributed by atoms with Gasteiger partial charge < -0.3 is 15.4 Å². The molecule has 0 aliphatic heterocycles. The van der Waals surface area contributed by atoms with Gasteiger partial charge in [0.25, 0.3) is 5.91 Å². The lowest BCUT2D eigenvalue weighted by Crippen LogP contribution is -2.12. The molecule has 0 aliphatic rings. The van der Waals surface area contributed by atoms with Crippen molar-refractivity contribution in [2.75, 3.05) is 24.3 Å². The third-order valence-corrected chi connectivity index (χ3v) is 4.01. The van der Waals surface area contributed by atoms with Gasteiger partial charge in [-0.2, -0.15) is 0 Å². The highest BCUT2D eigenvalue weighted by Gasteiger charge is 2.07. The second-order valence-electron chi connectivity index (χ2n) is 5.89. The Morgan fingerprint density at radius 1 is 1.11 bits per heavy atom. The van der Waals surface area contributed by atoms with Crippen molar-refractivity contribution in [3.8, 4) is 5.75 Å². The first kappa shape index (κ1) is 18.4. The Morgan fingerprint density at radius 3 is 2.70 bits per heavy atom. The van der Waals surface area contributed by atoms with Crippen LogP contribution in [0.25, 0.3) is 0 Å². The van der Waals surface area contributed by atoms with Crippen LogP contribution in [0.1, 0.15) is 15.9 Å². The Balaban J connectivity index is 1.54. The number of ether oxygens (including phenoxy) is 1. The highest BCUT2D eigenvalue weighted by Crippen LogP contribution is 2.15. The van der Waals surface area contributed by atoms with Gasteiger partial charge >= 0.3 is 0 Å². The molecule has 0 bridgehead atoms. The van der Waals surface area contributed by atoms with Crippen LogP contribution < -0.4 is 15.4 Å². The van der Waals surface area contributed by atoms with E-state index in [1.807, 2.05) is 6.07 Å². The molecule has 2 aromatic carbocycles. The van der Waals surface area contributed by atoms with Crippen molar-refractivity contribution in [3.63, 3.8) is 0 Å². The number of hydrogen-bond acceptors (Lipinski definition) is 4. The van der Waals surface area contributed by atoms with Crippen LogP contribution in [0.15, 0.2) is 66.9 Å². The summed E-state index contributed by atoms with van der Waals surface area (Å²) >= 11 is 0. The Hall–Kier alpha value is -3.41. The van der Waals surface area contributed by atoms with Gasteiger partial charge in [-0.15, -0.1) is 0 Å². The topological polar surface area (TPSA) is 63.2 Å². The van der Waals surface area contributed by atoms with Crippen LogP contribution in [0, 0.1) is 5.82 Å². The third-order valence-electron chi connectivity index (χ3n) is 4.01. The number of pyridine rings is 1. The summed E-state index contributed by atoms with van der Waals surface area (Å²) in [4.78, 5) is 16.6. The lowest BCUT2D eigenvalue weighted by atomic mass is 10.1. The predicted octanol–water partition coefficient (Wildman–Crippen LogP) is 4.14. The van der Waals surface area contributed by atoms with Crippen molar-refractivity contribution >= 4 is 17.4 Å². The fraction of sp³-hybridized carbons (Fsp3) is 0.143. The summed E-state index contributed by atoms with van der Waals surface area (Å²) in [6.07, 6.45) is 2.13. The molecular weight excluding hydrogens is 345 g/mol. The molecule has 0 radical (unpaired) electrons. The van der Waals surface area contributed by atoms with Gasteiger partial charge in [-0.1, -0.05) is 24.3 Å². The summed E-state index contributed by atoms with van der Waals surface area (Å²) in [5, 5.41) is 5.93. The number of rotatable bonds is 7. The van der Waals surface area contributed by atoms with E-state index >= 15 is 0 Å². The molecule has 0 saturated carbocycles. The molecule has 2 N–H and O–H groups in total. The van der Waals surface area contributed by atoms with Crippen molar-refractivity contribution < 1.29 is 13.9 Å². The molecule has 1 amide bonds. The quantitative estimate of drug-likeness (QED) is 0.661. The Labute approximate surface area is 157 Å². The zero-order valence-electron chi connectivity index (χ0n) is 14.9. The third kappa shape index (κ3) is 5.04. The van der Waals surface area contributed by atoms with E-state index in [9.17, 15) is 9.18 Å². The zero-order valence-corrected chi connectivity index (χ0v) is 14.9. The zero-order chi connectivity index (χ0) is 19.1. The number of anilines is 2. The van der Waals surface area contributed by atoms with Gasteiger partial charge in [-0.05, 0) is 48.4 Å². The van der Waals surface area contributed by atoms with E-state index in [1.54, 1.807) is 61.8 Å². The second kappa shape index (κ2) is 8.80. The number of aromatic nitrogens is 1. The molecule has 0 saturated heterocycles. The van der Waals surface area contributed by atoms with Crippen LogP contribution in [0.4, 0.5) is 15.9 Å². The molecule has 0 unspecified atom stereocenters. The Bertz CT molecular complexity index is 913. The molecule has 0 atom stereocenters. The van der Waals surface area contributed by atoms with Crippen molar-refractivity contribution in [1.29, 1.82) is 0 Å². The van der Waals surface area contributed by atoms with Crippen LogP contribution in [0.3, 0.4) is 0 Å². The van der Waals surface area contributed by atoms with E-state index in [0.717, 1.165) is 0 Å². The maximum absolute atomic E-state index is 13.6. The van der Waals surface area contributed by atoms with Crippen molar-refractivity contribution in [2.45, 2.75) is 6.42 Å². The molecule has 0 spiro atoms. The normalized spacial score (nSPS) is 10.3. The highest BCUT2D eigenvalue weighted by atomic mass is 19.1. The number of halogens is 1. The number of nitrogens with one attached hydrogen (secondary N) is 2. The maximum Gasteiger partial charge on any atom is 0.255 e. The average Bonchev–Trinajstić information content (AvgIpc) is 2.71. The minimum absolute atomic E-state index is 0.206. The Morgan fingerprint density at radius 2 is 1.96 bits per heavy atom. The van der Waals surface area contributed by atoms with Gasteiger partial charge in [0, 0.05) is 12.1 Å². The molecule has 27 heavy (non-hydrogen) atoms. The van der Waals surface area contributed by atoms with E-state index < -0.39 is 0 Å². The van der Waals surface area contributed by atoms with Gasteiger partial charge in [-0.25, -0.2) is 9.37 Å². The van der Waals surface area contributed by atoms with E-state index in [4.69, 9.17) is 4.74 Å². The summed E-state index contributed by atoms with van der Waals surface area (Å²) in [6, 6.07) is 17.1. The van der Waals surface area contributed by atoms with Crippen LogP contribution in [-0.4, -0.2) is 24.5 Å². The summed E-state index contributed by atoms with van der Waals surface area (Å²) in [6.45, 7) is 0.559. The number of carbonyl (C=O) groups excluding carboxylic acids is 1. The van der Waals surface area contributed by atoms with Crippen molar-refractivity contribution in [1.82, 2.24) is 4.98 Å². The maximum atomic E-state index is 13.6. The van der Waals surface area contributed by atoms with Gasteiger partial charge in [0.2, 0.25) is 0 Å². The largest absolute Gasteiger partial charge is 0.497 e. The molecule has 6 heteroatoms. The van der Waals surface area contributed by atoms with Crippen LogP contribution in [0.5, 0.6) is 5.75 Å². The summed E-state index contributed by atoms with van der Waals surface area (Å²) < 4.78 is 18.7. The van der Waals surface area contributed by atoms with Gasteiger partial charge in [0.1, 0.15) is 17.4 Å². The fourth-order valence-electron chi connectivity index (χ4n) is 2.57. The number of benzene rings is 2. The van der Waals surface area contributed by atoms with Crippen LogP contribution >= 0.6 is 0 Å². The van der Waals surface area contributed by atoms with Gasteiger partial charge in [0.05, 0.1) is 19.0 Å². The summed E-state index contributed by atoms with van der Waals surface area (Å²) in [5.74, 6) is 0.833. The highest BCUT2D eigenvalue weighted by molar-refractivity contribution is 6.04. The van der Waals surface area contributed by atoms with Crippen LogP contribution in [0.2, 0.25) is 0 Å². The van der Waals surface area contributed by atoms with Crippen molar-refractivity contribution in [2.24, 2.45) is 0 Å². The van der Waals surface area contributed by atoms with E-state index in [-0.39, 0.29) is 11.7 Å². The first-order chi connectivity index (χ1) is 13.2. The number of hydrogen-bond donors (Lipinski definition) is 2. The molecule has 138 valence electrons. The SMILES string of the molecule is COc1cccc(C(=O)Nc2ccc(NCCc3ccccc3F)nc2)c1. The summed E-state index contributed by atoms with van der Waals surface area (Å²) in [7, 11) is 1.55. The van der Waals surface area contributed by atoms with Crippen molar-refractivity contribution in [3.05, 3.63) is 83.8 Å². The minimum Gasteiger partial charge on any atom is -0.497 e. The first-order valence-corrected chi connectivity index (χ1v) is 8.54. The molecule has 3 aromatic rings. The van der Waals surface area contributed by atoms with Crippen LogP contribution in [-0.2, 0) is 6.42 Å². The standard InChI is InChI=1S/C21H20FN3O2/c1-27-18-7-4-6-16(13-18)21(26)25-17-9-10-20(24-14-17)23-12-11-15-5-2-3-8-19(15)22/h2-10,13-14H,11-12H2,1H3,(H,23,24)(H,25,26).